The molecule has 0 atom stereocenters. The molecular weight excluding hydrogens is 316 g/mol. The Kier molecular flexibility index (Phi) is 4.75. The summed E-state index contributed by atoms with van der Waals surface area (Å²) in [7, 11) is -2.81. The minimum absolute atomic E-state index is 0.0974. The molecule has 2 rings (SSSR count). The molecule has 0 fully saturated rings. The first-order valence-electron chi connectivity index (χ1n) is 6.95. The van der Waals surface area contributed by atoms with Crippen LogP contribution < -0.4 is 4.18 Å². The number of carbonyl (C=O) groups excluding carboxylic acids is 1. The highest BCUT2D eigenvalue weighted by Gasteiger charge is 2.21. The number of benzene rings is 2. The molecule has 0 saturated heterocycles. The minimum atomic E-state index is -4.04. The highest BCUT2D eigenvalue weighted by atomic mass is 32.2. The van der Waals surface area contributed by atoms with Crippen molar-refractivity contribution in [1.29, 1.82) is 0 Å². The van der Waals surface area contributed by atoms with Gasteiger partial charge in [-0.05, 0) is 50.1 Å². The number of esters is 1. The summed E-state index contributed by atoms with van der Waals surface area (Å²) in [6.45, 7) is 5.50. The molecule has 0 heterocycles. The van der Waals surface area contributed by atoms with Gasteiger partial charge in [-0.1, -0.05) is 23.8 Å². The van der Waals surface area contributed by atoms with Crippen LogP contribution in [0.2, 0.25) is 0 Å². The van der Waals surface area contributed by atoms with Gasteiger partial charge >= 0.3 is 16.1 Å². The molecule has 2 aromatic carbocycles. The maximum Gasteiger partial charge on any atom is 0.339 e. The Morgan fingerprint density at radius 3 is 2.17 bits per heavy atom. The van der Waals surface area contributed by atoms with Gasteiger partial charge in [-0.3, -0.25) is 0 Å². The van der Waals surface area contributed by atoms with E-state index >= 15 is 0 Å². The zero-order chi connectivity index (χ0) is 17.2. The molecule has 0 aliphatic rings. The second kappa shape index (κ2) is 6.42. The van der Waals surface area contributed by atoms with Crippen LogP contribution in [0.15, 0.2) is 41.3 Å². The molecule has 0 bridgehead atoms. The van der Waals surface area contributed by atoms with Gasteiger partial charge in [0.25, 0.3) is 0 Å². The Balaban J connectivity index is 2.42. The van der Waals surface area contributed by atoms with Crippen LogP contribution in [-0.4, -0.2) is 21.5 Å². The Morgan fingerprint density at radius 1 is 1.00 bits per heavy atom. The number of ether oxygens (including phenoxy) is 1. The van der Waals surface area contributed by atoms with Crippen molar-refractivity contribution in [3.63, 3.8) is 0 Å². The van der Waals surface area contributed by atoms with E-state index in [9.17, 15) is 13.2 Å². The third-order valence-electron chi connectivity index (χ3n) is 3.34. The molecule has 0 amide bonds. The third-order valence-corrected chi connectivity index (χ3v) is 4.56. The van der Waals surface area contributed by atoms with Gasteiger partial charge in [-0.2, -0.15) is 8.42 Å². The Labute approximate surface area is 136 Å². The Morgan fingerprint density at radius 2 is 1.61 bits per heavy atom. The lowest BCUT2D eigenvalue weighted by Crippen LogP contribution is -2.12. The molecule has 0 saturated carbocycles. The molecule has 0 N–H and O–H groups in total. The molecule has 0 aromatic heterocycles. The van der Waals surface area contributed by atoms with Gasteiger partial charge in [-0.15, -0.1) is 0 Å². The van der Waals surface area contributed by atoms with Crippen LogP contribution in [0.25, 0.3) is 0 Å². The van der Waals surface area contributed by atoms with Gasteiger partial charge in [0.05, 0.1) is 12.7 Å². The first kappa shape index (κ1) is 17.0. The van der Waals surface area contributed by atoms with Crippen molar-refractivity contribution in [3.8, 4) is 5.75 Å². The molecule has 0 aliphatic carbocycles. The van der Waals surface area contributed by atoms with Crippen molar-refractivity contribution in [2.45, 2.75) is 25.7 Å². The molecule has 23 heavy (non-hydrogen) atoms. The Hall–Kier alpha value is -2.34. The van der Waals surface area contributed by atoms with Crippen molar-refractivity contribution in [2.75, 3.05) is 7.11 Å². The van der Waals surface area contributed by atoms with Crippen LogP contribution in [0.4, 0.5) is 0 Å². The topological polar surface area (TPSA) is 69.7 Å². The van der Waals surface area contributed by atoms with E-state index in [2.05, 4.69) is 4.74 Å². The lowest BCUT2D eigenvalue weighted by molar-refractivity contribution is 0.0600. The maximum absolute atomic E-state index is 12.5. The van der Waals surface area contributed by atoms with Crippen molar-refractivity contribution in [1.82, 2.24) is 0 Å². The Bertz CT molecular complexity index is 830. The summed E-state index contributed by atoms with van der Waals surface area (Å²) >= 11 is 0. The summed E-state index contributed by atoms with van der Waals surface area (Å²) in [6.07, 6.45) is 0. The monoisotopic (exact) mass is 334 g/mol. The zero-order valence-corrected chi connectivity index (χ0v) is 14.2. The van der Waals surface area contributed by atoms with E-state index in [1.54, 1.807) is 13.8 Å². The summed E-state index contributed by atoms with van der Waals surface area (Å²) in [4.78, 5) is 11.4. The van der Waals surface area contributed by atoms with E-state index in [1.807, 2.05) is 19.1 Å². The number of carbonyl (C=O) groups is 1. The van der Waals surface area contributed by atoms with E-state index in [0.29, 0.717) is 5.75 Å². The van der Waals surface area contributed by atoms with E-state index < -0.39 is 16.1 Å². The van der Waals surface area contributed by atoms with Crippen LogP contribution in [0, 0.1) is 20.8 Å². The van der Waals surface area contributed by atoms with E-state index in [1.165, 1.54) is 31.4 Å². The number of aryl methyl sites for hydroxylation is 3. The minimum Gasteiger partial charge on any atom is -0.465 e. The van der Waals surface area contributed by atoms with Gasteiger partial charge < -0.3 is 8.92 Å². The molecule has 2 aromatic rings. The van der Waals surface area contributed by atoms with E-state index in [4.69, 9.17) is 4.18 Å². The predicted molar refractivity (Wildman–Crippen MR) is 86.2 cm³/mol. The number of hydrogen-bond donors (Lipinski definition) is 0. The standard InChI is InChI=1S/C17H18O5S/c1-11-8-12(2)16(13(3)9-11)22-23(19,20)15-7-5-6-14(10-15)17(18)21-4/h5-10H,1-4H3. The normalized spacial score (nSPS) is 11.1. The lowest BCUT2D eigenvalue weighted by atomic mass is 10.1. The third kappa shape index (κ3) is 3.71. The average molecular weight is 334 g/mol. The SMILES string of the molecule is COC(=O)c1cccc(S(=O)(=O)Oc2c(C)cc(C)cc2C)c1. The van der Waals surface area contributed by atoms with E-state index in [0.717, 1.165) is 16.7 Å². The van der Waals surface area contributed by atoms with Crippen molar-refractivity contribution in [3.05, 3.63) is 58.7 Å². The summed E-state index contributed by atoms with van der Waals surface area (Å²) in [5.74, 6) is -0.302. The summed E-state index contributed by atoms with van der Waals surface area (Å²) in [5.41, 5.74) is 2.64. The lowest BCUT2D eigenvalue weighted by Gasteiger charge is -2.13. The zero-order valence-electron chi connectivity index (χ0n) is 13.4. The fourth-order valence-electron chi connectivity index (χ4n) is 2.35. The van der Waals surface area contributed by atoms with Gasteiger partial charge in [0, 0.05) is 0 Å². The highest BCUT2D eigenvalue weighted by molar-refractivity contribution is 7.87. The van der Waals surface area contributed by atoms with Crippen molar-refractivity contribution < 1.29 is 22.1 Å². The van der Waals surface area contributed by atoms with Crippen molar-refractivity contribution >= 4 is 16.1 Å². The summed E-state index contributed by atoms with van der Waals surface area (Å²) in [5, 5.41) is 0. The molecule has 0 spiro atoms. The van der Waals surface area contributed by atoms with Gasteiger partial charge in [0.2, 0.25) is 0 Å². The smallest absolute Gasteiger partial charge is 0.339 e. The second-order valence-corrected chi connectivity index (χ2v) is 6.83. The fourth-order valence-corrected chi connectivity index (χ4v) is 3.45. The van der Waals surface area contributed by atoms with Gasteiger partial charge in [0.1, 0.15) is 10.6 Å². The quantitative estimate of drug-likeness (QED) is 0.634. The van der Waals surface area contributed by atoms with E-state index in [-0.39, 0.29) is 10.5 Å². The predicted octanol–water partition coefficient (Wildman–Crippen LogP) is 3.17. The highest BCUT2D eigenvalue weighted by Crippen LogP contribution is 2.28. The second-order valence-electron chi connectivity index (χ2n) is 5.28. The molecule has 0 unspecified atom stereocenters. The van der Waals surface area contributed by atoms with Gasteiger partial charge in [-0.25, -0.2) is 4.79 Å². The maximum atomic E-state index is 12.5. The van der Waals surface area contributed by atoms with Crippen LogP contribution in [0.1, 0.15) is 27.0 Å². The number of rotatable bonds is 4. The summed E-state index contributed by atoms with van der Waals surface area (Å²) < 4.78 is 34.9. The molecule has 0 aliphatic heterocycles. The van der Waals surface area contributed by atoms with Crippen LogP contribution in [-0.2, 0) is 14.9 Å². The number of hydrogen-bond acceptors (Lipinski definition) is 5. The van der Waals surface area contributed by atoms with Crippen molar-refractivity contribution in [2.24, 2.45) is 0 Å². The average Bonchev–Trinajstić information content (AvgIpc) is 2.50. The largest absolute Gasteiger partial charge is 0.465 e. The molecule has 0 radical (unpaired) electrons. The molecule has 6 heteroatoms. The number of methoxy groups -OCH3 is 1. The van der Waals surface area contributed by atoms with Crippen LogP contribution in [0.5, 0.6) is 5.75 Å². The van der Waals surface area contributed by atoms with Gasteiger partial charge in [0.15, 0.2) is 0 Å². The molecule has 122 valence electrons. The fraction of sp³-hybridized carbons (Fsp3) is 0.235. The first-order chi connectivity index (χ1) is 10.7. The molecule has 5 nitrogen and oxygen atoms in total. The van der Waals surface area contributed by atoms with Crippen LogP contribution in [0.3, 0.4) is 0 Å². The van der Waals surface area contributed by atoms with Crippen LogP contribution >= 0.6 is 0 Å². The molecular formula is C17H18O5S. The summed E-state index contributed by atoms with van der Waals surface area (Å²) in [6, 6.07) is 9.26. The first-order valence-corrected chi connectivity index (χ1v) is 8.36.